The van der Waals surface area contributed by atoms with Gasteiger partial charge >= 0.3 is 0 Å². The number of rotatable bonds is 3. The van der Waals surface area contributed by atoms with E-state index in [1.807, 2.05) is 0 Å². The molecule has 1 N–H and O–H groups in total. The van der Waals surface area contributed by atoms with E-state index >= 15 is 0 Å². The lowest BCUT2D eigenvalue weighted by atomic mass is 9.99. The Labute approximate surface area is 159 Å². The van der Waals surface area contributed by atoms with Crippen LogP contribution >= 0.6 is 0 Å². The molecule has 0 saturated heterocycles. The Morgan fingerprint density at radius 2 is 1.86 bits per heavy atom. The minimum Gasteiger partial charge on any atom is -0.386 e. The number of halogens is 2. The van der Waals surface area contributed by atoms with Gasteiger partial charge in [0.1, 0.15) is 0 Å². The molecule has 0 saturated carbocycles. The number of imidazole rings is 1. The van der Waals surface area contributed by atoms with Gasteiger partial charge in [-0.3, -0.25) is 13.8 Å². The average Bonchev–Trinajstić information content (AvgIpc) is 3.10. The van der Waals surface area contributed by atoms with E-state index in [-0.39, 0.29) is 16.8 Å². The zero-order chi connectivity index (χ0) is 20.1. The zero-order valence-electron chi connectivity index (χ0n) is 15.2. The fourth-order valence-corrected chi connectivity index (χ4v) is 3.19. The minimum atomic E-state index is -1.55. The highest BCUT2D eigenvalue weighted by Crippen LogP contribution is 2.30. The number of pyridine rings is 2. The molecular formula is C21H17F2N3O2. The second kappa shape index (κ2) is 6.38. The normalized spacial score (nSPS) is 11.9. The molecule has 0 spiro atoms. The zero-order valence-corrected chi connectivity index (χ0v) is 15.2. The van der Waals surface area contributed by atoms with Crippen molar-refractivity contribution in [3.8, 4) is 16.9 Å². The molecule has 3 aromatic heterocycles. The van der Waals surface area contributed by atoms with Gasteiger partial charge in [0.15, 0.2) is 17.4 Å². The first-order chi connectivity index (χ1) is 13.3. The predicted molar refractivity (Wildman–Crippen MR) is 101 cm³/mol. The van der Waals surface area contributed by atoms with Crippen LogP contribution in [0, 0.1) is 11.8 Å². The fraction of sp³-hybridized carbons (Fsp3) is 0.143. The lowest BCUT2D eigenvalue weighted by molar-refractivity contribution is 0.0741. The standard InChI is InChI=1S/C21H17F2N3O2/c1-21(2,28)15-11-17(22)26-16(12-24-20(26)19(15)23)13-6-5-7-14(10-13)25-9-4-3-8-18(25)27/h3-12,28H,1-2H3. The van der Waals surface area contributed by atoms with Crippen LogP contribution in [0.3, 0.4) is 0 Å². The molecule has 3 heterocycles. The molecule has 7 heteroatoms. The first-order valence-corrected chi connectivity index (χ1v) is 8.64. The number of aliphatic hydroxyl groups is 1. The summed E-state index contributed by atoms with van der Waals surface area (Å²) in [7, 11) is 0. The molecule has 0 bridgehead atoms. The molecule has 4 aromatic rings. The molecule has 0 aliphatic carbocycles. The van der Waals surface area contributed by atoms with Crippen LogP contribution in [0.2, 0.25) is 0 Å². The predicted octanol–water partition coefficient (Wildman–Crippen LogP) is 3.66. The fourth-order valence-electron chi connectivity index (χ4n) is 3.19. The first kappa shape index (κ1) is 18.1. The van der Waals surface area contributed by atoms with Crippen LogP contribution in [0.5, 0.6) is 0 Å². The first-order valence-electron chi connectivity index (χ1n) is 8.64. The Hall–Kier alpha value is -3.32. The van der Waals surface area contributed by atoms with Crippen molar-refractivity contribution < 1.29 is 13.9 Å². The quantitative estimate of drug-likeness (QED) is 0.551. The molecular weight excluding hydrogens is 364 g/mol. The maximum absolute atomic E-state index is 14.8. The molecule has 28 heavy (non-hydrogen) atoms. The Kier molecular flexibility index (Phi) is 4.12. The third kappa shape index (κ3) is 2.90. The maximum Gasteiger partial charge on any atom is 0.255 e. The number of fused-ring (bicyclic) bond motifs is 1. The van der Waals surface area contributed by atoms with E-state index in [0.717, 1.165) is 10.5 Å². The third-order valence-corrected chi connectivity index (χ3v) is 4.57. The molecule has 142 valence electrons. The lowest BCUT2D eigenvalue weighted by Crippen LogP contribution is -2.19. The van der Waals surface area contributed by atoms with Gasteiger partial charge in [0.25, 0.3) is 5.56 Å². The summed E-state index contributed by atoms with van der Waals surface area (Å²) in [4.78, 5) is 16.1. The minimum absolute atomic E-state index is 0.167. The number of aromatic nitrogens is 3. The Morgan fingerprint density at radius 1 is 1.07 bits per heavy atom. The molecule has 0 aliphatic rings. The summed E-state index contributed by atoms with van der Waals surface area (Å²) in [5, 5.41) is 10.1. The largest absolute Gasteiger partial charge is 0.386 e. The van der Waals surface area contributed by atoms with Gasteiger partial charge in [-0.2, -0.15) is 4.39 Å². The lowest BCUT2D eigenvalue weighted by Gasteiger charge is -2.19. The van der Waals surface area contributed by atoms with Crippen molar-refractivity contribution in [1.29, 1.82) is 0 Å². The number of nitrogens with zero attached hydrogens (tertiary/aromatic N) is 3. The molecule has 0 amide bonds. The van der Waals surface area contributed by atoms with Crippen LogP contribution in [0.15, 0.2) is 65.7 Å². The molecule has 0 fully saturated rings. The molecule has 0 atom stereocenters. The summed E-state index contributed by atoms with van der Waals surface area (Å²) in [6.45, 7) is 2.76. The van der Waals surface area contributed by atoms with E-state index in [1.54, 1.807) is 42.6 Å². The summed E-state index contributed by atoms with van der Waals surface area (Å²) >= 11 is 0. The number of hydrogen-bond donors (Lipinski definition) is 1. The molecule has 5 nitrogen and oxygen atoms in total. The van der Waals surface area contributed by atoms with Crippen molar-refractivity contribution in [3.05, 3.63) is 88.6 Å². The highest BCUT2D eigenvalue weighted by Gasteiger charge is 2.26. The van der Waals surface area contributed by atoms with Crippen LogP contribution in [0.1, 0.15) is 19.4 Å². The van der Waals surface area contributed by atoms with Gasteiger partial charge in [-0.25, -0.2) is 9.37 Å². The number of benzene rings is 1. The molecule has 0 radical (unpaired) electrons. The van der Waals surface area contributed by atoms with Crippen LogP contribution in [0.25, 0.3) is 22.6 Å². The van der Waals surface area contributed by atoms with Gasteiger partial charge in [0.2, 0.25) is 0 Å². The topological polar surface area (TPSA) is 59.5 Å². The van der Waals surface area contributed by atoms with Crippen LogP contribution in [-0.4, -0.2) is 19.1 Å². The second-order valence-corrected chi connectivity index (χ2v) is 7.02. The SMILES string of the molecule is CC(C)(O)c1cc(F)n2c(-c3cccc(-n4ccccc4=O)c3)cnc2c1F. The van der Waals surface area contributed by atoms with Crippen molar-refractivity contribution in [2.45, 2.75) is 19.4 Å². The van der Waals surface area contributed by atoms with E-state index in [4.69, 9.17) is 0 Å². The van der Waals surface area contributed by atoms with Crippen molar-refractivity contribution in [2.24, 2.45) is 0 Å². The number of hydrogen-bond acceptors (Lipinski definition) is 3. The van der Waals surface area contributed by atoms with Crippen molar-refractivity contribution in [1.82, 2.24) is 14.0 Å². The van der Waals surface area contributed by atoms with Crippen LogP contribution in [-0.2, 0) is 5.60 Å². The summed E-state index contributed by atoms with van der Waals surface area (Å²) in [5.41, 5.74) is -0.646. The average molecular weight is 381 g/mol. The van der Waals surface area contributed by atoms with Crippen molar-refractivity contribution in [2.75, 3.05) is 0 Å². The summed E-state index contributed by atoms with van der Waals surface area (Å²) in [5.74, 6) is -1.53. The van der Waals surface area contributed by atoms with Gasteiger partial charge < -0.3 is 5.11 Å². The van der Waals surface area contributed by atoms with E-state index < -0.39 is 17.4 Å². The van der Waals surface area contributed by atoms with Crippen LogP contribution < -0.4 is 5.56 Å². The molecule has 0 unspecified atom stereocenters. The van der Waals surface area contributed by atoms with Crippen molar-refractivity contribution >= 4 is 5.65 Å². The summed E-state index contributed by atoms with van der Waals surface area (Å²) in [6.07, 6.45) is 2.99. The Morgan fingerprint density at radius 3 is 2.57 bits per heavy atom. The van der Waals surface area contributed by atoms with E-state index in [1.165, 1.54) is 30.7 Å². The smallest absolute Gasteiger partial charge is 0.255 e. The van der Waals surface area contributed by atoms with Gasteiger partial charge in [0, 0.05) is 35.1 Å². The molecule has 0 aliphatic heterocycles. The molecule has 4 rings (SSSR count). The van der Waals surface area contributed by atoms with E-state index in [9.17, 15) is 18.7 Å². The summed E-state index contributed by atoms with van der Waals surface area (Å²) < 4.78 is 32.1. The van der Waals surface area contributed by atoms with Crippen LogP contribution in [0.4, 0.5) is 8.78 Å². The summed E-state index contributed by atoms with van der Waals surface area (Å²) in [6, 6.07) is 12.7. The van der Waals surface area contributed by atoms with Gasteiger partial charge in [-0.05, 0) is 32.0 Å². The van der Waals surface area contributed by atoms with Gasteiger partial charge in [-0.15, -0.1) is 0 Å². The molecule has 1 aromatic carbocycles. The third-order valence-electron chi connectivity index (χ3n) is 4.57. The monoisotopic (exact) mass is 381 g/mol. The Bertz CT molecular complexity index is 1250. The highest BCUT2D eigenvalue weighted by atomic mass is 19.1. The maximum atomic E-state index is 14.8. The second-order valence-electron chi connectivity index (χ2n) is 7.02. The Balaban J connectivity index is 1.92. The van der Waals surface area contributed by atoms with Crippen molar-refractivity contribution in [3.63, 3.8) is 0 Å². The highest BCUT2D eigenvalue weighted by molar-refractivity contribution is 5.67. The van der Waals surface area contributed by atoms with Gasteiger partial charge in [0.05, 0.1) is 17.5 Å². The van der Waals surface area contributed by atoms with Gasteiger partial charge in [-0.1, -0.05) is 18.2 Å². The van der Waals surface area contributed by atoms with E-state index in [0.29, 0.717) is 16.9 Å². The van der Waals surface area contributed by atoms with E-state index in [2.05, 4.69) is 4.98 Å².